The average Bonchev–Trinajstić information content (AvgIpc) is 3.41. The molecule has 4 rings (SSSR count). The first kappa shape index (κ1) is 25.9. The van der Waals surface area contributed by atoms with Gasteiger partial charge in [0.25, 0.3) is 5.91 Å². The van der Waals surface area contributed by atoms with E-state index in [1.54, 1.807) is 18.3 Å². The van der Waals surface area contributed by atoms with E-state index in [0.717, 1.165) is 16.5 Å². The summed E-state index contributed by atoms with van der Waals surface area (Å²) < 4.78 is 18.9. The fourth-order valence-electron chi connectivity index (χ4n) is 3.85. The van der Waals surface area contributed by atoms with Gasteiger partial charge in [-0.05, 0) is 62.1 Å². The molecule has 2 amide bonds. The average molecular weight is 505 g/mol. The molecule has 0 aliphatic rings. The predicted octanol–water partition coefficient (Wildman–Crippen LogP) is 3.47. The maximum absolute atomic E-state index is 13.3. The summed E-state index contributed by atoms with van der Waals surface area (Å²) in [5, 5.41) is 6.52. The van der Waals surface area contributed by atoms with Crippen LogP contribution in [0.2, 0.25) is 0 Å². The zero-order chi connectivity index (χ0) is 26.2. The number of carbonyl (C=O) groups excluding carboxylic acids is 2. The van der Waals surface area contributed by atoms with Crippen LogP contribution >= 0.6 is 0 Å². The number of hydrogen-bond acceptors (Lipinski definition) is 7. The van der Waals surface area contributed by atoms with Gasteiger partial charge in [-0.1, -0.05) is 30.3 Å². The van der Waals surface area contributed by atoms with Crippen LogP contribution in [0.15, 0.2) is 71.5 Å². The number of oxazole rings is 1. The lowest BCUT2D eigenvalue weighted by Gasteiger charge is -2.19. The van der Waals surface area contributed by atoms with Crippen molar-refractivity contribution >= 4 is 28.4 Å². The smallest absolute Gasteiger partial charge is 0.277 e. The Morgan fingerprint density at radius 1 is 1.08 bits per heavy atom. The van der Waals surface area contributed by atoms with Gasteiger partial charge in [0.1, 0.15) is 18.1 Å². The lowest BCUT2D eigenvalue weighted by molar-refractivity contribution is -0.123. The zero-order valence-electron chi connectivity index (χ0n) is 20.2. The van der Waals surface area contributed by atoms with Gasteiger partial charge in [-0.3, -0.25) is 14.6 Å². The highest BCUT2D eigenvalue weighted by atomic mass is 19.1. The van der Waals surface area contributed by atoms with Crippen molar-refractivity contribution in [2.45, 2.75) is 37.8 Å². The van der Waals surface area contributed by atoms with E-state index in [1.807, 2.05) is 30.3 Å². The van der Waals surface area contributed by atoms with Gasteiger partial charge in [-0.15, -0.1) is 0 Å². The van der Waals surface area contributed by atoms with Crippen LogP contribution < -0.4 is 22.1 Å². The van der Waals surface area contributed by atoms with E-state index < -0.39 is 18.0 Å². The number of para-hydroxylation sites is 1. The third-order valence-corrected chi connectivity index (χ3v) is 5.91. The molecule has 0 bridgehead atoms. The summed E-state index contributed by atoms with van der Waals surface area (Å²) in [6.45, 7) is 0.430. The minimum absolute atomic E-state index is 0.0524. The second kappa shape index (κ2) is 12.2. The summed E-state index contributed by atoms with van der Waals surface area (Å²) in [5.74, 6) is -1.01. The van der Waals surface area contributed by atoms with Gasteiger partial charge in [-0.2, -0.15) is 0 Å². The van der Waals surface area contributed by atoms with Gasteiger partial charge >= 0.3 is 0 Å². The zero-order valence-corrected chi connectivity index (χ0v) is 20.2. The molecule has 0 radical (unpaired) electrons. The summed E-state index contributed by atoms with van der Waals surface area (Å²) in [6.07, 6.45) is 4.77. The van der Waals surface area contributed by atoms with Crippen molar-refractivity contribution in [1.82, 2.24) is 15.3 Å². The molecule has 0 unspecified atom stereocenters. The van der Waals surface area contributed by atoms with Crippen LogP contribution in [0.3, 0.4) is 0 Å². The Labute approximate surface area is 213 Å². The molecule has 2 heterocycles. The molecule has 192 valence electrons. The van der Waals surface area contributed by atoms with Gasteiger partial charge in [0.05, 0.1) is 23.4 Å². The van der Waals surface area contributed by atoms with Crippen molar-refractivity contribution in [3.63, 3.8) is 0 Å². The Kier molecular flexibility index (Phi) is 8.55. The number of nitrogens with zero attached hydrogens (tertiary/aromatic N) is 2. The maximum atomic E-state index is 13.3. The first-order chi connectivity index (χ1) is 17.9. The highest BCUT2D eigenvalue weighted by Crippen LogP contribution is 2.21. The Bertz CT molecular complexity index is 1360. The lowest BCUT2D eigenvalue weighted by Crippen LogP contribution is -2.42. The van der Waals surface area contributed by atoms with Crippen LogP contribution in [0.25, 0.3) is 10.9 Å². The van der Waals surface area contributed by atoms with Crippen LogP contribution in [0, 0.1) is 5.82 Å². The molecule has 4 aromatic rings. The van der Waals surface area contributed by atoms with Crippen molar-refractivity contribution in [2.75, 3.05) is 11.9 Å². The minimum Gasteiger partial charge on any atom is -0.446 e. The van der Waals surface area contributed by atoms with Crippen molar-refractivity contribution in [2.24, 2.45) is 11.5 Å². The number of carbonyl (C=O) groups is 2. The Balaban J connectivity index is 1.48. The molecular formula is C27H29FN6O3. The third kappa shape index (κ3) is 6.96. The number of hydrogen-bond donors (Lipinski definition) is 4. The molecule has 9 nitrogen and oxygen atoms in total. The molecule has 0 spiro atoms. The Hall–Kier alpha value is -4.15. The fraction of sp³-hybridized carbons (Fsp3) is 0.259. The fourth-order valence-corrected chi connectivity index (χ4v) is 3.85. The number of pyridine rings is 1. The highest BCUT2D eigenvalue weighted by molar-refractivity contribution is 6.03. The van der Waals surface area contributed by atoms with E-state index in [2.05, 4.69) is 20.6 Å². The summed E-state index contributed by atoms with van der Waals surface area (Å²) in [7, 11) is 0. The third-order valence-electron chi connectivity index (χ3n) is 5.91. The van der Waals surface area contributed by atoms with E-state index in [-0.39, 0.29) is 23.3 Å². The van der Waals surface area contributed by atoms with Crippen molar-refractivity contribution in [3.05, 3.63) is 90.0 Å². The predicted molar refractivity (Wildman–Crippen MR) is 138 cm³/mol. The number of amides is 2. The molecule has 0 aliphatic carbocycles. The monoisotopic (exact) mass is 504 g/mol. The second-order valence-electron chi connectivity index (χ2n) is 8.71. The van der Waals surface area contributed by atoms with Crippen molar-refractivity contribution in [3.8, 4) is 0 Å². The number of nitrogens with one attached hydrogen (secondary N) is 2. The highest BCUT2D eigenvalue weighted by Gasteiger charge is 2.24. The molecule has 37 heavy (non-hydrogen) atoms. The molecule has 2 aromatic carbocycles. The quantitative estimate of drug-likeness (QED) is 0.244. The normalized spacial score (nSPS) is 12.7. The molecule has 0 aliphatic heterocycles. The van der Waals surface area contributed by atoms with E-state index in [1.165, 1.54) is 18.4 Å². The van der Waals surface area contributed by atoms with Gasteiger partial charge in [0, 0.05) is 5.39 Å². The topological polar surface area (TPSA) is 149 Å². The summed E-state index contributed by atoms with van der Waals surface area (Å²) in [6, 6.07) is 14.1. The molecule has 2 atom stereocenters. The molecule has 0 saturated heterocycles. The second-order valence-corrected chi connectivity index (χ2v) is 8.71. The molecule has 0 saturated carbocycles. The summed E-state index contributed by atoms with van der Waals surface area (Å²) in [4.78, 5) is 34.2. The van der Waals surface area contributed by atoms with Crippen molar-refractivity contribution < 1.29 is 18.4 Å². The number of benzene rings is 2. The van der Waals surface area contributed by atoms with Gasteiger partial charge in [-0.25, -0.2) is 9.37 Å². The van der Waals surface area contributed by atoms with Crippen LogP contribution in [-0.4, -0.2) is 34.4 Å². The molecule has 6 N–H and O–H groups in total. The van der Waals surface area contributed by atoms with E-state index in [9.17, 15) is 14.0 Å². The summed E-state index contributed by atoms with van der Waals surface area (Å²) >= 11 is 0. The Morgan fingerprint density at radius 2 is 1.86 bits per heavy atom. The maximum Gasteiger partial charge on any atom is 0.277 e. The number of fused-ring (bicyclic) bond motifs is 1. The standard InChI is InChI=1S/C27H29FN6O3/c28-19-10-7-17(8-11-19)9-12-23(33-25(35)21(30)5-3-13-29)27-34-24(16-37-27)26(36)32-20-14-18-4-1-2-6-22(18)31-15-20/h1-2,4,6-8,10-11,14-16,21,23H,3,5,9,12-13,29-30H2,(H,32,36)(H,33,35)/t21-,23-/m1/s1. The van der Waals surface area contributed by atoms with Crippen molar-refractivity contribution in [1.29, 1.82) is 0 Å². The summed E-state index contributed by atoms with van der Waals surface area (Å²) in [5.41, 5.74) is 13.8. The van der Waals surface area contributed by atoms with Gasteiger partial charge in [0.15, 0.2) is 5.69 Å². The molecule has 10 heteroatoms. The first-order valence-electron chi connectivity index (χ1n) is 12.0. The first-order valence-corrected chi connectivity index (χ1v) is 12.0. The SMILES string of the molecule is NCCC[C@@H](N)C(=O)N[C@H](CCc1ccc(F)cc1)c1nc(C(=O)Nc2cnc3ccccc3c2)co1. The number of rotatable bonds is 11. The van der Waals surface area contributed by atoms with Crippen LogP contribution in [0.5, 0.6) is 0 Å². The molecule has 2 aromatic heterocycles. The number of anilines is 1. The van der Waals surface area contributed by atoms with Gasteiger partial charge < -0.3 is 26.5 Å². The lowest BCUT2D eigenvalue weighted by atomic mass is 10.0. The van der Waals surface area contributed by atoms with Crippen LogP contribution in [0.4, 0.5) is 10.1 Å². The number of halogens is 1. The van der Waals surface area contributed by atoms with E-state index >= 15 is 0 Å². The van der Waals surface area contributed by atoms with Crippen LogP contribution in [-0.2, 0) is 11.2 Å². The molecule has 0 fully saturated rings. The van der Waals surface area contributed by atoms with Gasteiger partial charge in [0.2, 0.25) is 11.8 Å². The van der Waals surface area contributed by atoms with Crippen LogP contribution in [0.1, 0.15) is 47.2 Å². The number of aryl methyl sites for hydroxylation is 1. The number of nitrogens with two attached hydrogens (primary N) is 2. The minimum atomic E-state index is -0.741. The largest absolute Gasteiger partial charge is 0.446 e. The molecular weight excluding hydrogens is 475 g/mol. The van der Waals surface area contributed by atoms with E-state index in [0.29, 0.717) is 37.9 Å². The Morgan fingerprint density at radius 3 is 2.65 bits per heavy atom. The van der Waals surface area contributed by atoms with E-state index in [4.69, 9.17) is 15.9 Å². The number of aromatic nitrogens is 2.